The minimum atomic E-state index is -0.412. The first kappa shape index (κ1) is 21.7. The average molecular weight is 450 g/mol. The van der Waals surface area contributed by atoms with E-state index in [4.69, 9.17) is 9.72 Å². The van der Waals surface area contributed by atoms with Gasteiger partial charge in [-0.2, -0.15) is 4.98 Å². The Balaban J connectivity index is 1.61. The zero-order valence-corrected chi connectivity index (χ0v) is 19.3. The molecule has 1 fully saturated rings. The second kappa shape index (κ2) is 9.02. The van der Waals surface area contributed by atoms with Crippen LogP contribution in [-0.4, -0.2) is 55.1 Å². The van der Waals surface area contributed by atoms with Gasteiger partial charge in [-0.05, 0) is 44.4 Å². The summed E-state index contributed by atoms with van der Waals surface area (Å²) in [7, 11) is 0. The van der Waals surface area contributed by atoms with E-state index in [1.54, 1.807) is 0 Å². The number of hydrogen-bond donors (Lipinski definition) is 2. The number of hydrogen-bond acceptors (Lipinski definition) is 7. The molecule has 33 heavy (non-hydrogen) atoms. The molecule has 1 saturated heterocycles. The number of ketones is 1. The van der Waals surface area contributed by atoms with Crippen LogP contribution in [-0.2, 0) is 9.53 Å². The van der Waals surface area contributed by atoms with Gasteiger partial charge in [-0.3, -0.25) is 14.6 Å². The second-order valence-corrected chi connectivity index (χ2v) is 8.74. The molecule has 0 amide bonds. The lowest BCUT2D eigenvalue weighted by Crippen LogP contribution is -2.40. The number of rotatable bonds is 5. The fourth-order valence-corrected chi connectivity index (χ4v) is 5.17. The molecule has 0 unspecified atom stereocenters. The zero-order chi connectivity index (χ0) is 22.9. The van der Waals surface area contributed by atoms with Gasteiger partial charge in [0.05, 0.1) is 18.8 Å². The van der Waals surface area contributed by atoms with Gasteiger partial charge >= 0.3 is 0 Å². The van der Waals surface area contributed by atoms with Gasteiger partial charge in [0.1, 0.15) is 5.82 Å². The Hall–Kier alpha value is -3.13. The van der Waals surface area contributed by atoms with Gasteiger partial charge in [0.25, 0.3) is 5.56 Å². The molecule has 1 atom stereocenters. The van der Waals surface area contributed by atoms with E-state index in [1.807, 2.05) is 4.90 Å². The number of nitrogens with one attached hydrogen (secondary N) is 2. The van der Waals surface area contributed by atoms with Gasteiger partial charge in [0, 0.05) is 55.5 Å². The van der Waals surface area contributed by atoms with Crippen LogP contribution in [0, 0.1) is 0 Å². The molecule has 174 valence electrons. The molecule has 0 saturated carbocycles. The van der Waals surface area contributed by atoms with Crippen molar-refractivity contribution in [2.45, 2.75) is 39.0 Å². The van der Waals surface area contributed by atoms with Crippen molar-refractivity contribution in [2.75, 3.05) is 54.5 Å². The van der Waals surface area contributed by atoms with Crippen molar-refractivity contribution in [3.05, 3.63) is 57.0 Å². The van der Waals surface area contributed by atoms with Crippen LogP contribution in [0.5, 0.6) is 0 Å². The van der Waals surface area contributed by atoms with Crippen LogP contribution >= 0.6 is 0 Å². The van der Waals surface area contributed by atoms with Crippen molar-refractivity contribution in [1.29, 1.82) is 0 Å². The number of aromatic nitrogens is 2. The van der Waals surface area contributed by atoms with Crippen molar-refractivity contribution in [1.82, 2.24) is 9.97 Å². The van der Waals surface area contributed by atoms with E-state index in [-0.39, 0.29) is 11.3 Å². The quantitative estimate of drug-likeness (QED) is 0.725. The maximum Gasteiger partial charge on any atom is 0.258 e. The molecule has 1 aliphatic carbocycles. The molecule has 0 radical (unpaired) electrons. The molecule has 8 nitrogen and oxygen atoms in total. The summed E-state index contributed by atoms with van der Waals surface area (Å²) in [5, 5.41) is 3.36. The number of benzene rings is 1. The summed E-state index contributed by atoms with van der Waals surface area (Å²) in [6, 6.07) is 8.27. The zero-order valence-electron chi connectivity index (χ0n) is 19.3. The molecule has 2 N–H and O–H groups in total. The maximum absolute atomic E-state index is 13.4. The van der Waals surface area contributed by atoms with Crippen LogP contribution in [0.15, 0.2) is 40.3 Å². The Morgan fingerprint density at radius 3 is 2.52 bits per heavy atom. The van der Waals surface area contributed by atoms with Crippen LogP contribution in [0.2, 0.25) is 0 Å². The molecule has 8 heteroatoms. The number of H-pyrrole nitrogens is 1. The van der Waals surface area contributed by atoms with Crippen molar-refractivity contribution in [2.24, 2.45) is 0 Å². The Labute approximate surface area is 193 Å². The highest BCUT2D eigenvalue weighted by atomic mass is 16.5. The largest absolute Gasteiger partial charge is 0.378 e. The fraction of sp³-hybridized carbons (Fsp3) is 0.480. The van der Waals surface area contributed by atoms with Gasteiger partial charge < -0.3 is 19.9 Å². The molecule has 5 rings (SSSR count). The number of allylic oxidation sites excluding steroid dienone is 2. The highest BCUT2D eigenvalue weighted by Crippen LogP contribution is 2.43. The Morgan fingerprint density at radius 2 is 1.82 bits per heavy atom. The molecule has 0 spiro atoms. The normalized spacial score (nSPS) is 20.2. The Kier molecular flexibility index (Phi) is 5.93. The summed E-state index contributed by atoms with van der Waals surface area (Å²) in [5.41, 5.74) is 4.03. The number of fused-ring (bicyclic) bond motifs is 1. The first-order valence-electron chi connectivity index (χ1n) is 12.0. The number of carbonyl (C=O) groups excluding carboxylic acids is 1. The van der Waals surface area contributed by atoms with Crippen LogP contribution in [0.25, 0.3) is 0 Å². The predicted molar refractivity (Wildman–Crippen MR) is 129 cm³/mol. The Morgan fingerprint density at radius 1 is 1.09 bits per heavy atom. The SMILES string of the molecule is CCN(CC)c1ccc([C@@H]2C3=C(CCCC3=O)Nc3nc(N4CCOCC4)[nH]c(=O)c32)cc1. The summed E-state index contributed by atoms with van der Waals surface area (Å²) in [6.07, 6.45) is 2.12. The molecule has 0 bridgehead atoms. The third-order valence-corrected chi connectivity index (χ3v) is 6.91. The monoisotopic (exact) mass is 449 g/mol. The van der Waals surface area contributed by atoms with E-state index < -0.39 is 5.92 Å². The lowest BCUT2D eigenvalue weighted by molar-refractivity contribution is -0.116. The van der Waals surface area contributed by atoms with Gasteiger partial charge in [-0.25, -0.2) is 0 Å². The van der Waals surface area contributed by atoms with Crippen LogP contribution in [0.3, 0.4) is 0 Å². The second-order valence-electron chi connectivity index (χ2n) is 8.74. The van der Waals surface area contributed by atoms with Gasteiger partial charge in [0.15, 0.2) is 5.78 Å². The first-order valence-corrected chi connectivity index (χ1v) is 12.0. The standard InChI is InChI=1S/C25H31N5O3/c1-3-29(4-2)17-10-8-16(9-11-17)20-21-18(6-5-7-19(21)31)26-23-22(20)24(32)28-25(27-23)30-12-14-33-15-13-30/h8-11,20H,3-7,12-15H2,1-2H3,(H2,26,27,28,32)/t20-/m1/s1. The van der Waals surface area contributed by atoms with Gasteiger partial charge in [-0.15, -0.1) is 0 Å². The topological polar surface area (TPSA) is 90.6 Å². The van der Waals surface area contributed by atoms with E-state index >= 15 is 0 Å². The number of ether oxygens (including phenoxy) is 1. The molecule has 3 aliphatic rings. The lowest BCUT2D eigenvalue weighted by atomic mass is 9.76. The summed E-state index contributed by atoms with van der Waals surface area (Å²) >= 11 is 0. The maximum atomic E-state index is 13.4. The summed E-state index contributed by atoms with van der Waals surface area (Å²) < 4.78 is 5.44. The molecular weight excluding hydrogens is 418 g/mol. The van der Waals surface area contributed by atoms with E-state index in [1.165, 1.54) is 0 Å². The minimum absolute atomic E-state index is 0.115. The number of Topliss-reactive ketones (excluding diaryl/α,β-unsaturated/α-hetero) is 1. The first-order chi connectivity index (χ1) is 16.1. The predicted octanol–water partition coefficient (Wildman–Crippen LogP) is 3.02. The number of morpholine rings is 1. The fourth-order valence-electron chi connectivity index (χ4n) is 5.17. The third kappa shape index (κ3) is 3.93. The minimum Gasteiger partial charge on any atom is -0.378 e. The molecular formula is C25H31N5O3. The van der Waals surface area contributed by atoms with Crippen LogP contribution in [0.4, 0.5) is 17.5 Å². The van der Waals surface area contributed by atoms with Crippen molar-refractivity contribution in [3.8, 4) is 0 Å². The number of nitrogens with zero attached hydrogens (tertiary/aromatic N) is 3. The summed E-state index contributed by atoms with van der Waals surface area (Å²) in [6.45, 7) is 8.71. The van der Waals surface area contributed by atoms with Gasteiger partial charge in [0.2, 0.25) is 5.95 Å². The van der Waals surface area contributed by atoms with Crippen LogP contribution < -0.4 is 20.7 Å². The van der Waals surface area contributed by atoms with Crippen molar-refractivity contribution < 1.29 is 9.53 Å². The van der Waals surface area contributed by atoms with Crippen LogP contribution in [0.1, 0.15) is 50.2 Å². The van der Waals surface area contributed by atoms with E-state index in [0.29, 0.717) is 50.1 Å². The number of anilines is 3. The van der Waals surface area contributed by atoms with E-state index in [2.05, 4.69) is 53.3 Å². The van der Waals surface area contributed by atoms with E-state index in [9.17, 15) is 9.59 Å². The molecule has 2 aliphatic heterocycles. The summed E-state index contributed by atoms with van der Waals surface area (Å²) in [5.74, 6) is 0.816. The molecule has 1 aromatic heterocycles. The van der Waals surface area contributed by atoms with E-state index in [0.717, 1.165) is 48.5 Å². The average Bonchev–Trinajstić information content (AvgIpc) is 2.85. The highest BCUT2D eigenvalue weighted by Gasteiger charge is 2.38. The molecule has 2 aromatic rings. The highest BCUT2D eigenvalue weighted by molar-refractivity contribution is 6.00. The lowest BCUT2D eigenvalue weighted by Gasteiger charge is -2.34. The van der Waals surface area contributed by atoms with Crippen molar-refractivity contribution >= 4 is 23.2 Å². The Bertz CT molecular complexity index is 1130. The van der Waals surface area contributed by atoms with Crippen molar-refractivity contribution in [3.63, 3.8) is 0 Å². The third-order valence-electron chi connectivity index (χ3n) is 6.91. The van der Waals surface area contributed by atoms with Gasteiger partial charge in [-0.1, -0.05) is 12.1 Å². The number of aromatic amines is 1. The smallest absolute Gasteiger partial charge is 0.258 e. The molecule has 3 heterocycles. The molecule has 1 aromatic carbocycles. The summed E-state index contributed by atoms with van der Waals surface area (Å²) in [4.78, 5) is 38.6. The number of carbonyl (C=O) groups is 1.